The summed E-state index contributed by atoms with van der Waals surface area (Å²) in [5.74, 6) is -2.16. The highest BCUT2D eigenvalue weighted by molar-refractivity contribution is 9.10. The topological polar surface area (TPSA) is 129 Å². The fraction of sp³-hybridized carbons (Fsp3) is 0.323. The van der Waals surface area contributed by atoms with E-state index in [0.717, 1.165) is 4.90 Å². The molecule has 2 aromatic heterocycles. The molecule has 0 saturated carbocycles. The van der Waals surface area contributed by atoms with E-state index in [2.05, 4.69) is 37.2 Å². The lowest BCUT2D eigenvalue weighted by atomic mass is 10.0. The van der Waals surface area contributed by atoms with Crippen molar-refractivity contribution in [2.24, 2.45) is 0 Å². The van der Waals surface area contributed by atoms with E-state index >= 15 is 0 Å². The van der Waals surface area contributed by atoms with Crippen molar-refractivity contribution in [2.45, 2.75) is 52.3 Å². The van der Waals surface area contributed by atoms with Crippen LogP contribution < -0.4 is 5.32 Å². The minimum Gasteiger partial charge on any atom is -0.467 e. The second-order valence-corrected chi connectivity index (χ2v) is 13.1. The maximum atomic E-state index is 14.3. The number of carbonyl (C=O) groups excluding carboxylic acids is 5. The van der Waals surface area contributed by atoms with Crippen molar-refractivity contribution in [3.63, 3.8) is 0 Å². The molecular weight excluding hydrogens is 700 g/mol. The number of carbonyl (C=O) groups is 5. The molecule has 0 spiro atoms. The van der Waals surface area contributed by atoms with Crippen LogP contribution in [-0.2, 0) is 19.1 Å². The van der Waals surface area contributed by atoms with Crippen LogP contribution in [0.3, 0.4) is 0 Å². The Morgan fingerprint density at radius 1 is 0.841 bits per heavy atom. The van der Waals surface area contributed by atoms with Crippen molar-refractivity contribution < 1.29 is 33.4 Å². The maximum Gasteiger partial charge on any atom is 0.410 e. The maximum absolute atomic E-state index is 14.3. The van der Waals surface area contributed by atoms with Gasteiger partial charge in [0.1, 0.15) is 11.6 Å². The van der Waals surface area contributed by atoms with Gasteiger partial charge in [-0.15, -0.1) is 0 Å². The fourth-order valence-corrected chi connectivity index (χ4v) is 5.69. The van der Waals surface area contributed by atoms with Gasteiger partial charge in [0.2, 0.25) is 17.7 Å². The number of fused-ring (bicyclic) bond motifs is 2. The minimum absolute atomic E-state index is 0.306. The summed E-state index contributed by atoms with van der Waals surface area (Å²) in [5, 5.41) is 3.82. The van der Waals surface area contributed by atoms with Crippen LogP contribution in [0.25, 0.3) is 21.8 Å². The minimum atomic E-state index is -1.36. The van der Waals surface area contributed by atoms with Gasteiger partial charge in [-0.3, -0.25) is 28.4 Å². The molecule has 0 radical (unpaired) electrons. The van der Waals surface area contributed by atoms with E-state index in [9.17, 15) is 24.0 Å². The van der Waals surface area contributed by atoms with Crippen LogP contribution in [0, 0.1) is 0 Å². The lowest BCUT2D eigenvalue weighted by molar-refractivity contribution is -0.145. The Hall–Kier alpha value is -3.97. The Morgan fingerprint density at radius 2 is 1.32 bits per heavy atom. The van der Waals surface area contributed by atoms with Gasteiger partial charge in [-0.2, -0.15) is 0 Å². The van der Waals surface area contributed by atoms with E-state index in [1.807, 2.05) is 0 Å². The first-order valence-electron chi connectivity index (χ1n) is 13.5. The number of nitrogens with zero attached hydrogens (tertiary/aromatic N) is 3. The average Bonchev–Trinajstić information content (AvgIpc) is 3.49. The number of aromatic nitrogens is 2. The Balaban J connectivity index is 1.89. The number of nitrogens with one attached hydrogen (secondary N) is 1. The van der Waals surface area contributed by atoms with Gasteiger partial charge in [-0.05, 0) is 45.0 Å². The van der Waals surface area contributed by atoms with Gasteiger partial charge in [0.15, 0.2) is 6.04 Å². The molecule has 2 heterocycles. The van der Waals surface area contributed by atoms with E-state index < -0.39 is 35.7 Å². The molecule has 0 saturated heterocycles. The van der Waals surface area contributed by atoms with Crippen molar-refractivity contribution in [2.75, 3.05) is 14.2 Å². The Bertz CT molecular complexity index is 1820. The first kappa shape index (κ1) is 32.9. The smallest absolute Gasteiger partial charge is 0.410 e. The second kappa shape index (κ2) is 12.6. The fourth-order valence-electron chi connectivity index (χ4n) is 4.99. The summed E-state index contributed by atoms with van der Waals surface area (Å²) in [7, 11) is 2.59. The highest BCUT2D eigenvalue weighted by Crippen LogP contribution is 2.35. The summed E-state index contributed by atoms with van der Waals surface area (Å²) in [6, 6.07) is 7.70. The third-order valence-corrected chi connectivity index (χ3v) is 7.91. The Labute approximate surface area is 270 Å². The summed E-state index contributed by atoms with van der Waals surface area (Å²) >= 11 is 6.84. The van der Waals surface area contributed by atoms with Crippen LogP contribution in [0.15, 0.2) is 57.7 Å². The van der Waals surface area contributed by atoms with Gasteiger partial charge < -0.3 is 14.8 Å². The third kappa shape index (κ3) is 6.58. The molecule has 13 heteroatoms. The van der Waals surface area contributed by atoms with Gasteiger partial charge in [-0.25, -0.2) is 9.59 Å². The van der Waals surface area contributed by atoms with Gasteiger partial charge in [0, 0.05) is 64.1 Å². The van der Waals surface area contributed by atoms with Crippen molar-refractivity contribution in [3.05, 3.63) is 68.9 Å². The van der Waals surface area contributed by atoms with Crippen LogP contribution in [0.1, 0.15) is 67.4 Å². The third-order valence-electron chi connectivity index (χ3n) is 6.92. The predicted molar refractivity (Wildman–Crippen MR) is 172 cm³/mol. The van der Waals surface area contributed by atoms with Crippen molar-refractivity contribution in [3.8, 4) is 0 Å². The number of halogens is 2. The molecule has 0 bridgehead atoms. The first-order valence-corrected chi connectivity index (χ1v) is 15.1. The van der Waals surface area contributed by atoms with E-state index in [1.54, 1.807) is 57.2 Å². The molecule has 4 rings (SSSR count). The van der Waals surface area contributed by atoms with E-state index in [-0.39, 0.29) is 11.8 Å². The quantitative estimate of drug-likeness (QED) is 0.228. The summed E-state index contributed by atoms with van der Waals surface area (Å²) in [6.45, 7) is 7.86. The molecule has 2 amide bonds. The van der Waals surface area contributed by atoms with Gasteiger partial charge in [0.05, 0.1) is 18.1 Å². The number of rotatable bonds is 6. The molecule has 44 heavy (non-hydrogen) atoms. The first-order chi connectivity index (χ1) is 20.5. The summed E-state index contributed by atoms with van der Waals surface area (Å²) in [4.78, 5) is 67.1. The predicted octanol–water partition coefficient (Wildman–Crippen LogP) is 6.38. The molecule has 1 N–H and O–H groups in total. The molecule has 232 valence electrons. The number of benzene rings is 2. The van der Waals surface area contributed by atoms with E-state index in [0.29, 0.717) is 41.9 Å². The molecule has 2 aromatic carbocycles. The van der Waals surface area contributed by atoms with Crippen molar-refractivity contribution >= 4 is 83.4 Å². The van der Waals surface area contributed by atoms with Gasteiger partial charge >= 0.3 is 12.1 Å². The summed E-state index contributed by atoms with van der Waals surface area (Å²) in [5.41, 5.74) is 0.797. The largest absolute Gasteiger partial charge is 0.467 e. The lowest BCUT2D eigenvalue weighted by Gasteiger charge is -2.31. The number of amides is 2. The summed E-state index contributed by atoms with van der Waals surface area (Å²) in [6.07, 6.45) is 2.18. The zero-order valence-corrected chi connectivity index (χ0v) is 28.4. The van der Waals surface area contributed by atoms with E-state index in [4.69, 9.17) is 9.47 Å². The SMILES string of the molecule is COC(=O)[C@@H](NC(=O)[C@@H](c1cn(C(C)=O)c2cc(Br)ccc12)N(C)C(=O)OC(C)(C)C)c1cn(C(C)=O)c2cc(Br)ccc12. The van der Waals surface area contributed by atoms with Crippen molar-refractivity contribution in [1.82, 2.24) is 19.4 Å². The zero-order valence-electron chi connectivity index (χ0n) is 25.2. The van der Waals surface area contributed by atoms with Crippen molar-refractivity contribution in [1.29, 1.82) is 0 Å². The highest BCUT2D eigenvalue weighted by atomic mass is 79.9. The molecule has 0 unspecified atom stereocenters. The number of hydrogen-bond acceptors (Lipinski definition) is 7. The van der Waals surface area contributed by atoms with Crippen LogP contribution in [-0.4, -0.2) is 63.6 Å². The molecule has 2 atom stereocenters. The number of methoxy groups -OCH3 is 1. The molecular formula is C31H32Br2N4O7. The van der Waals surface area contributed by atoms with Crippen LogP contribution in [0.2, 0.25) is 0 Å². The number of likely N-dealkylation sites (N-methyl/N-ethyl adjacent to an activating group) is 1. The normalized spacial score (nSPS) is 12.9. The summed E-state index contributed by atoms with van der Waals surface area (Å²) < 4.78 is 14.8. The average molecular weight is 732 g/mol. The molecule has 0 aliphatic heterocycles. The molecule has 0 aliphatic rings. The lowest BCUT2D eigenvalue weighted by Crippen LogP contribution is -2.45. The Morgan fingerprint density at radius 3 is 1.77 bits per heavy atom. The van der Waals surface area contributed by atoms with E-state index in [1.165, 1.54) is 49.5 Å². The Kier molecular flexibility index (Phi) is 9.40. The molecule has 0 fully saturated rings. The monoisotopic (exact) mass is 730 g/mol. The van der Waals surface area contributed by atoms with Crippen LogP contribution in [0.4, 0.5) is 4.79 Å². The highest BCUT2D eigenvalue weighted by Gasteiger charge is 2.37. The number of hydrogen-bond donors (Lipinski definition) is 1. The molecule has 11 nitrogen and oxygen atoms in total. The van der Waals surface area contributed by atoms with Gasteiger partial charge in [-0.1, -0.05) is 44.0 Å². The zero-order chi connectivity index (χ0) is 32.7. The number of ether oxygens (including phenoxy) is 2. The van der Waals surface area contributed by atoms with Crippen LogP contribution in [0.5, 0.6) is 0 Å². The standard InChI is InChI=1S/C31H32Br2N4O7/c1-16(38)36-14-22(20-10-8-18(32)12-24(20)36)26(29(41)43-7)34-28(40)27(35(6)30(42)44-31(3,4)5)23-15-37(17(2)39)25-13-19(33)9-11-21(23)25/h8-15,26-27H,1-7H3,(H,34,40)/t26-,27+/m0/s1. The van der Waals surface area contributed by atoms with Gasteiger partial charge in [0.25, 0.3) is 0 Å². The number of esters is 1. The molecule has 4 aromatic rings. The van der Waals surface area contributed by atoms with Crippen LogP contribution >= 0.6 is 31.9 Å². The molecule has 0 aliphatic carbocycles. The second-order valence-electron chi connectivity index (χ2n) is 11.2.